The Bertz CT molecular complexity index is 287. The lowest BCUT2D eigenvalue weighted by Gasteiger charge is -2.12. The Morgan fingerprint density at radius 3 is 2.00 bits per heavy atom. The van der Waals surface area contributed by atoms with E-state index in [2.05, 4.69) is 10.7 Å². The molecule has 0 rings (SSSR count). The largest absolute Gasteiger partial charge is 0.368 e. The maximum atomic E-state index is 11.6. The first-order valence-electron chi connectivity index (χ1n) is 7.00. The monoisotopic (exact) mass is 288 g/mol. The molecule has 2 atom stereocenters. The number of nitrogens with one attached hydrogen (secondary N) is 2. The molecule has 20 heavy (non-hydrogen) atoms. The van der Waals surface area contributed by atoms with Crippen molar-refractivity contribution in [2.24, 2.45) is 23.0 Å². The number of hydrazine groups is 1. The van der Waals surface area contributed by atoms with Crippen molar-refractivity contribution in [3.8, 4) is 0 Å². The lowest BCUT2D eigenvalue weighted by atomic mass is 10.1. The van der Waals surface area contributed by atoms with E-state index >= 15 is 0 Å². The van der Waals surface area contributed by atoms with Crippen molar-refractivity contribution in [3.63, 3.8) is 0 Å². The molecule has 0 bridgehead atoms. The van der Waals surface area contributed by atoms with Crippen LogP contribution in [0, 0.1) is 0 Å². The second-order valence-corrected chi connectivity index (χ2v) is 4.85. The molecule has 0 aliphatic carbocycles. The highest BCUT2D eigenvalue weighted by atomic mass is 16.2. The van der Waals surface area contributed by atoms with Gasteiger partial charge in [-0.15, -0.1) is 0 Å². The molecular formula is C12H28N6O2. The summed E-state index contributed by atoms with van der Waals surface area (Å²) < 4.78 is 0. The molecule has 0 aliphatic rings. The Hall–Kier alpha value is -1.22. The molecule has 118 valence electrons. The van der Waals surface area contributed by atoms with Gasteiger partial charge in [-0.2, -0.15) is 0 Å². The summed E-state index contributed by atoms with van der Waals surface area (Å²) in [6.07, 6.45) is 4.40. The summed E-state index contributed by atoms with van der Waals surface area (Å²) in [5, 5.41) is 2.77. The summed E-state index contributed by atoms with van der Waals surface area (Å²) in [5.41, 5.74) is 18.8. The highest BCUT2D eigenvalue weighted by molar-refractivity contribution is 5.81. The fourth-order valence-electron chi connectivity index (χ4n) is 1.70. The van der Waals surface area contributed by atoms with Crippen LogP contribution < -0.4 is 33.8 Å². The van der Waals surface area contributed by atoms with Crippen molar-refractivity contribution in [1.82, 2.24) is 10.7 Å². The first kappa shape index (κ1) is 18.8. The van der Waals surface area contributed by atoms with E-state index in [1.807, 2.05) is 0 Å². The Labute approximate surface area is 120 Å². The van der Waals surface area contributed by atoms with E-state index in [0.29, 0.717) is 25.9 Å². The molecule has 0 spiro atoms. The fraction of sp³-hybridized carbons (Fsp3) is 0.833. The van der Waals surface area contributed by atoms with Gasteiger partial charge >= 0.3 is 0 Å². The summed E-state index contributed by atoms with van der Waals surface area (Å²) in [7, 11) is 0. The molecule has 2 amide bonds. The Morgan fingerprint density at radius 1 is 0.900 bits per heavy atom. The third-order valence-corrected chi connectivity index (χ3v) is 3.03. The average Bonchev–Trinajstić information content (AvgIpc) is 2.42. The molecule has 2 unspecified atom stereocenters. The van der Waals surface area contributed by atoms with Crippen LogP contribution in [-0.4, -0.2) is 37.0 Å². The van der Waals surface area contributed by atoms with Crippen molar-refractivity contribution in [3.05, 3.63) is 0 Å². The second kappa shape index (κ2) is 11.6. The standard InChI is InChI=1S/C12H28N6O2/c13-9(11(15)19)5-1-3-7-17-12(20)10(14)6-2-4-8-18-16/h9-10,18H,1-8,13-14,16H2,(H2,15,19)(H,17,20). The third kappa shape index (κ3) is 9.68. The van der Waals surface area contributed by atoms with E-state index < -0.39 is 18.0 Å². The quantitative estimate of drug-likeness (QED) is 0.139. The van der Waals surface area contributed by atoms with Gasteiger partial charge in [0.15, 0.2) is 0 Å². The molecule has 0 fully saturated rings. The number of carbonyl (C=O) groups excluding carboxylic acids is 2. The number of nitrogens with two attached hydrogens (primary N) is 4. The minimum Gasteiger partial charge on any atom is -0.368 e. The summed E-state index contributed by atoms with van der Waals surface area (Å²) in [5.74, 6) is 4.50. The van der Waals surface area contributed by atoms with Crippen LogP contribution in [0.3, 0.4) is 0 Å². The Balaban J connectivity index is 3.54. The third-order valence-electron chi connectivity index (χ3n) is 3.03. The van der Waals surface area contributed by atoms with Crippen LogP contribution in [0.15, 0.2) is 0 Å². The molecule has 10 N–H and O–H groups in total. The van der Waals surface area contributed by atoms with Gasteiger partial charge in [-0.25, -0.2) is 0 Å². The molecule has 0 radical (unpaired) electrons. The number of amides is 2. The van der Waals surface area contributed by atoms with Gasteiger partial charge in [0.25, 0.3) is 0 Å². The van der Waals surface area contributed by atoms with E-state index in [1.165, 1.54) is 0 Å². The molecule has 0 aromatic rings. The lowest BCUT2D eigenvalue weighted by Crippen LogP contribution is -2.41. The van der Waals surface area contributed by atoms with E-state index in [1.54, 1.807) is 0 Å². The van der Waals surface area contributed by atoms with Crippen molar-refractivity contribution in [1.29, 1.82) is 0 Å². The topological polar surface area (TPSA) is 162 Å². The number of carbonyl (C=O) groups is 2. The maximum absolute atomic E-state index is 11.6. The predicted octanol–water partition coefficient (Wildman–Crippen LogP) is -1.95. The molecule has 0 aromatic heterocycles. The minimum atomic E-state index is -0.607. The van der Waals surface area contributed by atoms with Crippen LogP contribution in [0.1, 0.15) is 38.5 Å². The Morgan fingerprint density at radius 2 is 1.45 bits per heavy atom. The van der Waals surface area contributed by atoms with Crippen LogP contribution in [0.4, 0.5) is 0 Å². The van der Waals surface area contributed by atoms with Gasteiger partial charge < -0.3 is 22.5 Å². The van der Waals surface area contributed by atoms with E-state index in [-0.39, 0.29) is 5.91 Å². The fourth-order valence-corrected chi connectivity index (χ4v) is 1.70. The molecule has 8 nitrogen and oxygen atoms in total. The zero-order chi connectivity index (χ0) is 15.4. The van der Waals surface area contributed by atoms with E-state index in [9.17, 15) is 9.59 Å². The van der Waals surface area contributed by atoms with Crippen molar-refractivity contribution in [2.45, 2.75) is 50.6 Å². The van der Waals surface area contributed by atoms with Crippen LogP contribution in [-0.2, 0) is 9.59 Å². The van der Waals surface area contributed by atoms with Gasteiger partial charge in [0, 0.05) is 13.1 Å². The summed E-state index contributed by atoms with van der Waals surface area (Å²) in [6, 6.07) is -1.09. The lowest BCUT2D eigenvalue weighted by molar-refractivity contribution is -0.122. The number of primary amides is 1. The summed E-state index contributed by atoms with van der Waals surface area (Å²) in [4.78, 5) is 22.3. The molecule has 0 saturated heterocycles. The minimum absolute atomic E-state index is 0.148. The predicted molar refractivity (Wildman–Crippen MR) is 78.0 cm³/mol. The van der Waals surface area contributed by atoms with Crippen LogP contribution in [0.2, 0.25) is 0 Å². The Kier molecular flexibility index (Phi) is 10.9. The molecule has 0 aromatic carbocycles. The number of unbranched alkanes of at least 4 members (excludes halogenated alkanes) is 2. The zero-order valence-corrected chi connectivity index (χ0v) is 11.9. The number of hydrogen-bond acceptors (Lipinski definition) is 6. The van der Waals surface area contributed by atoms with E-state index in [0.717, 1.165) is 25.7 Å². The molecule has 0 aliphatic heterocycles. The average molecular weight is 288 g/mol. The maximum Gasteiger partial charge on any atom is 0.236 e. The zero-order valence-electron chi connectivity index (χ0n) is 11.9. The number of rotatable bonds is 12. The van der Waals surface area contributed by atoms with Crippen molar-refractivity contribution >= 4 is 11.8 Å². The smallest absolute Gasteiger partial charge is 0.236 e. The normalized spacial score (nSPS) is 13.8. The highest BCUT2D eigenvalue weighted by Gasteiger charge is 2.12. The summed E-state index contributed by atoms with van der Waals surface area (Å²) in [6.45, 7) is 1.25. The summed E-state index contributed by atoms with van der Waals surface area (Å²) >= 11 is 0. The van der Waals surface area contributed by atoms with E-state index in [4.69, 9.17) is 23.0 Å². The molecule has 0 heterocycles. The first-order valence-corrected chi connectivity index (χ1v) is 7.00. The van der Waals surface area contributed by atoms with Gasteiger partial charge in [-0.3, -0.25) is 20.9 Å². The van der Waals surface area contributed by atoms with Gasteiger partial charge in [0.1, 0.15) is 0 Å². The first-order chi connectivity index (χ1) is 9.49. The second-order valence-electron chi connectivity index (χ2n) is 4.85. The number of hydrogen-bond donors (Lipinski definition) is 6. The van der Waals surface area contributed by atoms with Crippen LogP contribution >= 0.6 is 0 Å². The molecule has 0 saturated carbocycles. The van der Waals surface area contributed by atoms with Crippen molar-refractivity contribution < 1.29 is 9.59 Å². The highest BCUT2D eigenvalue weighted by Crippen LogP contribution is 2.00. The van der Waals surface area contributed by atoms with Gasteiger partial charge in [-0.05, 0) is 32.1 Å². The van der Waals surface area contributed by atoms with Crippen LogP contribution in [0.25, 0.3) is 0 Å². The van der Waals surface area contributed by atoms with Gasteiger partial charge in [0.05, 0.1) is 12.1 Å². The van der Waals surface area contributed by atoms with Gasteiger partial charge in [0.2, 0.25) is 11.8 Å². The van der Waals surface area contributed by atoms with Crippen molar-refractivity contribution in [2.75, 3.05) is 13.1 Å². The van der Waals surface area contributed by atoms with Gasteiger partial charge in [-0.1, -0.05) is 6.42 Å². The SMILES string of the molecule is NNCCCCC(N)C(=O)NCCCCC(N)C(N)=O. The molecular weight excluding hydrogens is 260 g/mol. The van der Waals surface area contributed by atoms with Crippen LogP contribution in [0.5, 0.6) is 0 Å². The molecule has 8 heteroatoms.